The molecule has 30 heavy (non-hydrogen) atoms. The Labute approximate surface area is 180 Å². The molecular formula is C20H25N5O3S2. The second kappa shape index (κ2) is 8.03. The Morgan fingerprint density at radius 2 is 1.90 bits per heavy atom. The molecule has 0 saturated carbocycles. The fraction of sp³-hybridized carbons (Fsp3) is 0.350. The van der Waals surface area contributed by atoms with Gasteiger partial charge in [-0.1, -0.05) is 6.07 Å². The molecule has 2 heterocycles. The van der Waals surface area contributed by atoms with Crippen LogP contribution in [0.5, 0.6) is 0 Å². The molecule has 0 spiro atoms. The Morgan fingerprint density at radius 1 is 1.20 bits per heavy atom. The highest BCUT2D eigenvalue weighted by atomic mass is 32.2. The second-order valence-corrected chi connectivity index (χ2v) is 10.7. The zero-order valence-corrected chi connectivity index (χ0v) is 19.1. The van der Waals surface area contributed by atoms with Gasteiger partial charge in [-0.2, -0.15) is 0 Å². The summed E-state index contributed by atoms with van der Waals surface area (Å²) in [5.74, 6) is 0.291. The molecule has 0 aliphatic heterocycles. The highest BCUT2D eigenvalue weighted by molar-refractivity contribution is 7.89. The van der Waals surface area contributed by atoms with Gasteiger partial charge in [0.1, 0.15) is 5.69 Å². The molecule has 0 saturated heterocycles. The van der Waals surface area contributed by atoms with Crippen molar-refractivity contribution in [2.75, 3.05) is 12.3 Å². The zero-order chi connectivity index (χ0) is 22.3. The molecule has 160 valence electrons. The lowest BCUT2D eigenvalue weighted by Gasteiger charge is -2.18. The van der Waals surface area contributed by atoms with Gasteiger partial charge in [-0.05, 0) is 52.3 Å². The summed E-state index contributed by atoms with van der Waals surface area (Å²) >= 11 is 1.48. The maximum Gasteiger partial charge on any atom is 0.240 e. The number of nitrogens with two attached hydrogens (primary N) is 1. The van der Waals surface area contributed by atoms with Crippen molar-refractivity contribution < 1.29 is 13.5 Å². The van der Waals surface area contributed by atoms with E-state index < -0.39 is 15.6 Å². The van der Waals surface area contributed by atoms with Crippen molar-refractivity contribution in [1.82, 2.24) is 19.7 Å². The van der Waals surface area contributed by atoms with E-state index in [1.54, 1.807) is 12.1 Å². The summed E-state index contributed by atoms with van der Waals surface area (Å²) in [5, 5.41) is 10.7. The van der Waals surface area contributed by atoms with Crippen LogP contribution in [0, 0.1) is 20.8 Å². The van der Waals surface area contributed by atoms with Crippen LogP contribution in [-0.2, 0) is 10.0 Å². The molecule has 0 atom stereocenters. The molecule has 0 unspecified atom stereocenters. The lowest BCUT2D eigenvalue weighted by Crippen LogP contribution is -2.38. The minimum atomic E-state index is -3.81. The number of nitrogens with one attached hydrogen (secondary N) is 1. The molecule has 0 bridgehead atoms. The number of hydrogen-bond donors (Lipinski definition) is 3. The lowest BCUT2D eigenvalue weighted by atomic mass is 10.1. The van der Waals surface area contributed by atoms with E-state index >= 15 is 0 Å². The van der Waals surface area contributed by atoms with Gasteiger partial charge < -0.3 is 10.8 Å². The molecule has 0 radical (unpaired) electrons. The first-order valence-corrected chi connectivity index (χ1v) is 11.6. The first-order valence-electron chi connectivity index (χ1n) is 9.27. The maximum atomic E-state index is 12.7. The summed E-state index contributed by atoms with van der Waals surface area (Å²) in [4.78, 5) is 14.3. The first-order chi connectivity index (χ1) is 13.9. The minimum Gasteiger partial charge on any atom is -0.389 e. The topological polar surface area (TPSA) is 131 Å². The minimum absolute atomic E-state index is 0.0809. The molecule has 1 aromatic carbocycles. The van der Waals surface area contributed by atoms with E-state index in [1.165, 1.54) is 37.4 Å². The van der Waals surface area contributed by atoms with E-state index in [-0.39, 0.29) is 11.4 Å². The van der Waals surface area contributed by atoms with Gasteiger partial charge in [-0.15, -0.1) is 11.3 Å². The van der Waals surface area contributed by atoms with Crippen molar-refractivity contribution in [3.63, 3.8) is 0 Å². The van der Waals surface area contributed by atoms with Gasteiger partial charge in [-0.25, -0.2) is 28.1 Å². The van der Waals surface area contributed by atoms with Crippen molar-refractivity contribution in [3.05, 3.63) is 40.7 Å². The molecule has 0 aliphatic rings. The summed E-state index contributed by atoms with van der Waals surface area (Å²) in [6, 6.07) is 4.79. The Bertz CT molecular complexity index is 1200. The average Bonchev–Trinajstić information content (AvgIpc) is 2.98. The van der Waals surface area contributed by atoms with Crippen LogP contribution in [-0.4, -0.2) is 40.6 Å². The molecule has 10 heteroatoms. The van der Waals surface area contributed by atoms with Crippen LogP contribution in [0.4, 0.5) is 5.82 Å². The van der Waals surface area contributed by atoms with E-state index in [0.717, 1.165) is 21.1 Å². The molecule has 0 amide bonds. The molecule has 3 aromatic rings. The number of nitrogen functional groups attached to an aromatic ring is 1. The SMILES string of the molecule is Cc1nc(C)c(-c2nc(-c3cc(S(=O)(=O)NCC(C)(C)O)ccc3C)cnc2N)s1. The van der Waals surface area contributed by atoms with Gasteiger partial charge in [-0.3, -0.25) is 0 Å². The summed E-state index contributed by atoms with van der Waals surface area (Å²) in [7, 11) is -3.81. The van der Waals surface area contributed by atoms with Gasteiger partial charge in [0, 0.05) is 12.1 Å². The summed E-state index contributed by atoms with van der Waals surface area (Å²) in [6.45, 7) is 8.63. The third-order valence-electron chi connectivity index (χ3n) is 4.41. The number of nitrogens with zero attached hydrogens (tertiary/aromatic N) is 3. The molecule has 4 N–H and O–H groups in total. The number of aryl methyl sites for hydroxylation is 3. The van der Waals surface area contributed by atoms with Crippen LogP contribution in [0.25, 0.3) is 21.8 Å². The molecule has 0 fully saturated rings. The Balaban J connectivity index is 2.06. The second-order valence-electron chi connectivity index (χ2n) is 7.75. The Kier molecular flexibility index (Phi) is 5.96. The Morgan fingerprint density at radius 3 is 2.50 bits per heavy atom. The number of thiazole rings is 1. The molecule has 2 aromatic heterocycles. The van der Waals surface area contributed by atoms with Crippen molar-refractivity contribution in [2.45, 2.75) is 45.1 Å². The van der Waals surface area contributed by atoms with Gasteiger partial charge in [0.05, 0.1) is 38.0 Å². The molecule has 0 aliphatic carbocycles. The third-order valence-corrected chi connectivity index (χ3v) is 6.89. The Hall–Kier alpha value is -2.40. The number of hydrogen-bond acceptors (Lipinski definition) is 8. The summed E-state index contributed by atoms with van der Waals surface area (Å²) < 4.78 is 27.8. The number of aliphatic hydroxyl groups is 1. The van der Waals surface area contributed by atoms with Crippen molar-refractivity contribution in [2.24, 2.45) is 0 Å². The van der Waals surface area contributed by atoms with E-state index in [1.807, 2.05) is 20.8 Å². The average molecular weight is 448 g/mol. The fourth-order valence-corrected chi connectivity index (χ4v) is 4.99. The summed E-state index contributed by atoms with van der Waals surface area (Å²) in [6.07, 6.45) is 1.53. The highest BCUT2D eigenvalue weighted by Crippen LogP contribution is 2.34. The van der Waals surface area contributed by atoms with Gasteiger partial charge >= 0.3 is 0 Å². The van der Waals surface area contributed by atoms with Crippen molar-refractivity contribution in [3.8, 4) is 21.8 Å². The van der Waals surface area contributed by atoms with Crippen LogP contribution in [0.3, 0.4) is 0 Å². The highest BCUT2D eigenvalue weighted by Gasteiger charge is 2.21. The fourth-order valence-electron chi connectivity index (χ4n) is 2.85. The van der Waals surface area contributed by atoms with Crippen molar-refractivity contribution in [1.29, 1.82) is 0 Å². The van der Waals surface area contributed by atoms with Crippen molar-refractivity contribution >= 4 is 27.2 Å². The molecule has 8 nitrogen and oxygen atoms in total. The van der Waals surface area contributed by atoms with Crippen LogP contribution in [0.2, 0.25) is 0 Å². The quantitative estimate of drug-likeness (QED) is 0.529. The largest absolute Gasteiger partial charge is 0.389 e. The number of benzene rings is 1. The van der Waals surface area contributed by atoms with E-state index in [2.05, 4.69) is 19.7 Å². The molecule has 3 rings (SSSR count). The van der Waals surface area contributed by atoms with E-state index in [4.69, 9.17) is 5.73 Å². The number of aromatic nitrogens is 3. The van der Waals surface area contributed by atoms with E-state index in [9.17, 15) is 13.5 Å². The van der Waals surface area contributed by atoms with Gasteiger partial charge in [0.25, 0.3) is 0 Å². The van der Waals surface area contributed by atoms with E-state index in [0.29, 0.717) is 22.8 Å². The lowest BCUT2D eigenvalue weighted by molar-refractivity contribution is 0.0857. The number of sulfonamides is 1. The molecular weight excluding hydrogens is 422 g/mol. The predicted molar refractivity (Wildman–Crippen MR) is 119 cm³/mol. The number of anilines is 1. The normalized spacial score (nSPS) is 12.3. The standard InChI is InChI=1S/C20H25N5O3S2/c1-11-6-7-14(30(27,28)23-10-20(4,5)26)8-15(11)16-9-22-19(21)17(25-16)18-12(2)24-13(3)29-18/h6-9,23,26H,10H2,1-5H3,(H2,21,22). The van der Waals surface area contributed by atoms with Gasteiger partial charge in [0.2, 0.25) is 10.0 Å². The zero-order valence-electron chi connectivity index (χ0n) is 17.5. The van der Waals surface area contributed by atoms with Crippen LogP contribution < -0.4 is 10.5 Å². The van der Waals surface area contributed by atoms with Crippen LogP contribution in [0.1, 0.15) is 30.1 Å². The van der Waals surface area contributed by atoms with Crippen LogP contribution in [0.15, 0.2) is 29.3 Å². The predicted octanol–water partition coefficient (Wildman–Crippen LogP) is 2.82. The monoisotopic (exact) mass is 447 g/mol. The smallest absolute Gasteiger partial charge is 0.240 e. The summed E-state index contributed by atoms with van der Waals surface area (Å²) in [5.41, 5.74) is 8.25. The van der Waals surface area contributed by atoms with Crippen LogP contribution >= 0.6 is 11.3 Å². The maximum absolute atomic E-state index is 12.7. The number of rotatable bonds is 6. The first kappa shape index (κ1) is 22.3. The van der Waals surface area contributed by atoms with Gasteiger partial charge in [0.15, 0.2) is 5.82 Å². The third kappa shape index (κ3) is 4.84.